The zero-order chi connectivity index (χ0) is 19.1. The lowest BCUT2D eigenvalue weighted by molar-refractivity contribution is -0.142. The molecule has 0 bridgehead atoms. The summed E-state index contributed by atoms with van der Waals surface area (Å²) >= 11 is 0. The van der Waals surface area contributed by atoms with E-state index in [0.29, 0.717) is 16.7 Å². The molecule has 0 amide bonds. The molecule has 2 N–H and O–H groups in total. The van der Waals surface area contributed by atoms with E-state index in [-0.39, 0.29) is 41.5 Å². The lowest BCUT2D eigenvalue weighted by atomic mass is 9.73. The number of carbonyl (C=O) groups is 3. The molecule has 0 saturated heterocycles. The molecule has 7 heteroatoms. The van der Waals surface area contributed by atoms with Crippen LogP contribution in [0.3, 0.4) is 0 Å². The molecule has 1 saturated carbocycles. The summed E-state index contributed by atoms with van der Waals surface area (Å²) in [5, 5.41) is 5.34. The first-order valence-electron chi connectivity index (χ1n) is 8.20. The molecule has 136 valence electrons. The first-order chi connectivity index (χ1) is 11.5. The van der Waals surface area contributed by atoms with Crippen molar-refractivity contribution in [2.45, 2.75) is 57.8 Å². The van der Waals surface area contributed by atoms with Crippen molar-refractivity contribution in [3.8, 4) is 0 Å². The van der Waals surface area contributed by atoms with Gasteiger partial charge in [0.25, 0.3) is 0 Å². The largest absolute Gasteiger partial charge is 0.298 e. The van der Waals surface area contributed by atoms with Gasteiger partial charge < -0.3 is 0 Å². The monoisotopic (exact) mass is 365 g/mol. The van der Waals surface area contributed by atoms with Crippen LogP contribution in [-0.2, 0) is 24.4 Å². The molecule has 0 heterocycles. The molecule has 1 aromatic rings. The number of ketones is 3. The minimum absolute atomic E-state index is 0.0414. The molecule has 1 aliphatic carbocycles. The van der Waals surface area contributed by atoms with Crippen molar-refractivity contribution in [1.29, 1.82) is 0 Å². The molecule has 25 heavy (non-hydrogen) atoms. The number of aryl methyl sites for hydroxylation is 2. The van der Waals surface area contributed by atoms with Crippen LogP contribution >= 0.6 is 0 Å². The molecule has 2 rings (SSSR count). The fraction of sp³-hybridized carbons (Fsp3) is 0.500. The highest BCUT2D eigenvalue weighted by Crippen LogP contribution is 2.38. The van der Waals surface area contributed by atoms with Crippen LogP contribution in [0.2, 0.25) is 0 Å². The molecule has 0 spiro atoms. The van der Waals surface area contributed by atoms with Gasteiger partial charge in [0.2, 0.25) is 10.0 Å². The number of benzene rings is 1. The number of rotatable bonds is 4. The molecule has 1 fully saturated rings. The first kappa shape index (κ1) is 19.5. The Morgan fingerprint density at radius 3 is 2.08 bits per heavy atom. The van der Waals surface area contributed by atoms with Crippen LogP contribution in [-0.4, -0.2) is 25.8 Å². The average Bonchev–Trinajstić information content (AvgIpc) is 2.43. The average molecular weight is 365 g/mol. The normalized spacial score (nSPS) is 21.5. The van der Waals surface area contributed by atoms with Crippen molar-refractivity contribution in [2.24, 2.45) is 11.1 Å². The Kier molecular flexibility index (Phi) is 5.30. The van der Waals surface area contributed by atoms with Gasteiger partial charge in [-0.3, -0.25) is 14.4 Å². The Bertz CT molecular complexity index is 852. The van der Waals surface area contributed by atoms with Crippen LogP contribution in [0.4, 0.5) is 0 Å². The van der Waals surface area contributed by atoms with Crippen LogP contribution in [0.1, 0.15) is 54.4 Å². The molecule has 0 unspecified atom stereocenters. The van der Waals surface area contributed by atoms with Crippen molar-refractivity contribution in [3.63, 3.8) is 0 Å². The van der Waals surface area contributed by atoms with Gasteiger partial charge in [0.15, 0.2) is 17.3 Å². The van der Waals surface area contributed by atoms with E-state index in [0.717, 1.165) is 5.56 Å². The second-order valence-corrected chi connectivity index (χ2v) is 8.21. The number of hydrogen-bond acceptors (Lipinski definition) is 5. The molecular weight excluding hydrogens is 342 g/mol. The van der Waals surface area contributed by atoms with Gasteiger partial charge in [-0.2, -0.15) is 0 Å². The lowest BCUT2D eigenvalue weighted by Crippen LogP contribution is -2.38. The Balaban J connectivity index is 2.53. The minimum Gasteiger partial charge on any atom is -0.298 e. The fourth-order valence-electron chi connectivity index (χ4n) is 3.99. The molecule has 0 aromatic heterocycles. The summed E-state index contributed by atoms with van der Waals surface area (Å²) in [4.78, 5) is 36.6. The number of carbonyl (C=O) groups excluding carboxylic acids is 3. The maximum Gasteiger partial charge on any atom is 0.238 e. The summed E-state index contributed by atoms with van der Waals surface area (Å²) in [6, 6.07) is 1.71. The third kappa shape index (κ3) is 3.57. The van der Waals surface area contributed by atoms with E-state index in [1.165, 1.54) is 0 Å². The van der Waals surface area contributed by atoms with Gasteiger partial charge in [-0.05, 0) is 48.9 Å². The number of hydrogen-bond donors (Lipinski definition) is 1. The van der Waals surface area contributed by atoms with Gasteiger partial charge in [-0.1, -0.05) is 13.0 Å². The molecular formula is C18H23NO5S. The van der Waals surface area contributed by atoms with Gasteiger partial charge in [0.05, 0.1) is 4.90 Å². The van der Waals surface area contributed by atoms with Crippen LogP contribution in [0.25, 0.3) is 0 Å². The molecule has 1 aliphatic rings. The van der Waals surface area contributed by atoms with Gasteiger partial charge >= 0.3 is 0 Å². The van der Waals surface area contributed by atoms with E-state index in [4.69, 9.17) is 5.14 Å². The van der Waals surface area contributed by atoms with Crippen molar-refractivity contribution in [3.05, 3.63) is 28.3 Å². The van der Waals surface area contributed by atoms with Crippen LogP contribution < -0.4 is 5.14 Å². The van der Waals surface area contributed by atoms with Crippen molar-refractivity contribution in [1.82, 2.24) is 0 Å². The second-order valence-electron chi connectivity index (χ2n) is 6.71. The maximum atomic E-state index is 12.4. The van der Waals surface area contributed by atoms with Gasteiger partial charge in [0, 0.05) is 19.3 Å². The zero-order valence-electron chi connectivity index (χ0n) is 14.9. The highest BCUT2D eigenvalue weighted by Gasteiger charge is 2.40. The Labute approximate surface area is 147 Å². The van der Waals surface area contributed by atoms with Crippen molar-refractivity contribution < 1.29 is 22.8 Å². The predicted molar refractivity (Wildman–Crippen MR) is 92.8 cm³/mol. The van der Waals surface area contributed by atoms with Gasteiger partial charge in [-0.25, -0.2) is 13.6 Å². The van der Waals surface area contributed by atoms with E-state index < -0.39 is 21.9 Å². The second kappa shape index (κ2) is 6.80. The standard InChI is InChI=1S/C18H23NO5S/c1-5-13(20)17-14(21)7-12(8-15(17)22)16-9(2)6-10(3)18(11(16)4)25(19,23)24/h6,12,17H,5,7-8H2,1-4H3,(H2,19,23,24). The van der Waals surface area contributed by atoms with Crippen LogP contribution in [0.5, 0.6) is 0 Å². The Morgan fingerprint density at radius 1 is 1.12 bits per heavy atom. The van der Waals surface area contributed by atoms with Crippen molar-refractivity contribution in [2.75, 3.05) is 0 Å². The molecule has 0 atom stereocenters. The molecule has 0 aliphatic heterocycles. The van der Waals surface area contributed by atoms with Gasteiger partial charge in [-0.15, -0.1) is 0 Å². The molecule has 1 aromatic carbocycles. The topological polar surface area (TPSA) is 111 Å². The first-order valence-corrected chi connectivity index (χ1v) is 9.75. The van der Waals surface area contributed by atoms with Crippen molar-refractivity contribution >= 4 is 27.4 Å². The third-order valence-electron chi connectivity index (χ3n) is 4.86. The summed E-state index contributed by atoms with van der Waals surface area (Å²) in [6.07, 6.45) is 0.249. The number of primary sulfonamides is 1. The Morgan fingerprint density at radius 2 is 1.64 bits per heavy atom. The number of nitrogens with two attached hydrogens (primary N) is 1. The summed E-state index contributed by atoms with van der Waals surface area (Å²) in [6.45, 7) is 6.76. The zero-order valence-corrected chi connectivity index (χ0v) is 15.7. The number of Topliss-reactive ketones (excluding diaryl/α,β-unsaturated/α-hetero) is 3. The number of sulfonamides is 1. The fourth-order valence-corrected chi connectivity index (χ4v) is 5.03. The quantitative estimate of drug-likeness (QED) is 0.819. The lowest BCUT2D eigenvalue weighted by Gasteiger charge is -2.29. The van der Waals surface area contributed by atoms with Crippen LogP contribution in [0.15, 0.2) is 11.0 Å². The van der Waals surface area contributed by atoms with E-state index in [2.05, 4.69) is 0 Å². The maximum absolute atomic E-state index is 12.4. The smallest absolute Gasteiger partial charge is 0.238 e. The Hall–Kier alpha value is -1.86. The minimum atomic E-state index is -3.92. The molecule has 6 nitrogen and oxygen atoms in total. The van der Waals surface area contributed by atoms with Crippen LogP contribution in [0, 0.1) is 26.7 Å². The SMILES string of the molecule is CCC(=O)C1C(=O)CC(c2c(C)cc(C)c(S(N)(=O)=O)c2C)CC1=O. The summed E-state index contributed by atoms with van der Waals surface area (Å²) in [7, 11) is -3.92. The highest BCUT2D eigenvalue weighted by molar-refractivity contribution is 7.89. The third-order valence-corrected chi connectivity index (χ3v) is 6.06. The molecule has 0 radical (unpaired) electrons. The van der Waals surface area contributed by atoms with E-state index in [1.54, 1.807) is 26.8 Å². The van der Waals surface area contributed by atoms with E-state index >= 15 is 0 Å². The summed E-state index contributed by atoms with van der Waals surface area (Å²) in [5.74, 6) is -2.71. The predicted octanol–water partition coefficient (Wildman–Crippen LogP) is 1.87. The van der Waals surface area contributed by atoms with Gasteiger partial charge in [0.1, 0.15) is 5.92 Å². The van der Waals surface area contributed by atoms with E-state index in [9.17, 15) is 22.8 Å². The summed E-state index contributed by atoms with van der Waals surface area (Å²) < 4.78 is 23.9. The summed E-state index contributed by atoms with van der Waals surface area (Å²) in [5.41, 5.74) is 2.49. The van der Waals surface area contributed by atoms with E-state index in [1.807, 2.05) is 6.92 Å². The highest BCUT2D eigenvalue weighted by atomic mass is 32.2.